The first kappa shape index (κ1) is 14.9. The molecule has 1 aromatic carbocycles. The predicted octanol–water partition coefficient (Wildman–Crippen LogP) is 2.47. The molecule has 1 aromatic rings. The van der Waals surface area contributed by atoms with Crippen LogP contribution in [0, 0.1) is 13.8 Å². The molecule has 0 amide bonds. The summed E-state index contributed by atoms with van der Waals surface area (Å²) >= 11 is 5.22. The highest BCUT2D eigenvalue weighted by Crippen LogP contribution is 2.16. The monoisotopic (exact) mass is 266 g/mol. The van der Waals surface area contributed by atoms with E-state index in [1.807, 2.05) is 0 Å². The molecule has 0 saturated heterocycles. The van der Waals surface area contributed by atoms with Crippen LogP contribution in [0.5, 0.6) is 0 Å². The maximum Gasteiger partial charge on any atom is 0.166 e. The first-order chi connectivity index (χ1) is 8.54. The minimum Gasteiger partial charge on any atom is -0.383 e. The topological polar surface area (TPSA) is 33.3 Å². The van der Waals surface area contributed by atoms with Crippen molar-refractivity contribution in [3.8, 4) is 0 Å². The summed E-state index contributed by atoms with van der Waals surface area (Å²) in [6, 6.07) is 6.68. The molecule has 1 unspecified atom stereocenters. The third-order valence-corrected chi connectivity index (χ3v) is 3.23. The van der Waals surface area contributed by atoms with Crippen LogP contribution in [0.15, 0.2) is 18.2 Å². The van der Waals surface area contributed by atoms with Crippen LogP contribution in [-0.2, 0) is 4.74 Å². The van der Waals surface area contributed by atoms with Gasteiger partial charge in [-0.25, -0.2) is 0 Å². The van der Waals surface area contributed by atoms with E-state index in [9.17, 15) is 0 Å². The van der Waals surface area contributed by atoms with E-state index < -0.39 is 0 Å². The van der Waals surface area contributed by atoms with E-state index in [-0.39, 0.29) is 6.04 Å². The smallest absolute Gasteiger partial charge is 0.166 e. The van der Waals surface area contributed by atoms with Gasteiger partial charge in [0.2, 0.25) is 0 Å². The lowest BCUT2D eigenvalue weighted by molar-refractivity contribution is 0.204. The fraction of sp³-hybridized carbons (Fsp3) is 0.500. The number of nitrogens with one attached hydrogen (secondary N) is 2. The summed E-state index contributed by atoms with van der Waals surface area (Å²) in [7, 11) is 1.68. The third-order valence-electron chi connectivity index (χ3n) is 2.97. The molecule has 0 aliphatic heterocycles. The highest BCUT2D eigenvalue weighted by atomic mass is 32.1. The van der Waals surface area contributed by atoms with Crippen LogP contribution in [0.3, 0.4) is 0 Å². The normalized spacial score (nSPS) is 12.0. The Morgan fingerprint density at radius 1 is 1.33 bits per heavy atom. The SMILES string of the molecule is COCCNC(=S)NC(C)c1ccc(C)c(C)c1. The van der Waals surface area contributed by atoms with E-state index >= 15 is 0 Å². The molecule has 0 bridgehead atoms. The van der Waals surface area contributed by atoms with Crippen molar-refractivity contribution >= 4 is 17.3 Å². The summed E-state index contributed by atoms with van der Waals surface area (Å²) in [5.41, 5.74) is 3.86. The van der Waals surface area contributed by atoms with Crippen LogP contribution < -0.4 is 10.6 Å². The van der Waals surface area contributed by atoms with Gasteiger partial charge in [0.05, 0.1) is 12.6 Å². The van der Waals surface area contributed by atoms with Crippen molar-refractivity contribution in [1.29, 1.82) is 0 Å². The average molecular weight is 266 g/mol. The van der Waals surface area contributed by atoms with E-state index in [1.165, 1.54) is 16.7 Å². The summed E-state index contributed by atoms with van der Waals surface area (Å²) in [4.78, 5) is 0. The summed E-state index contributed by atoms with van der Waals surface area (Å²) < 4.78 is 4.96. The third kappa shape index (κ3) is 4.63. The lowest BCUT2D eigenvalue weighted by Gasteiger charge is -2.18. The van der Waals surface area contributed by atoms with Gasteiger partial charge in [0.25, 0.3) is 0 Å². The fourth-order valence-corrected chi connectivity index (χ4v) is 1.91. The number of hydrogen-bond acceptors (Lipinski definition) is 2. The number of thiocarbonyl (C=S) groups is 1. The Kier molecular flexibility index (Phi) is 6.09. The van der Waals surface area contributed by atoms with E-state index in [1.54, 1.807) is 7.11 Å². The van der Waals surface area contributed by atoms with Gasteiger partial charge in [0.15, 0.2) is 5.11 Å². The highest BCUT2D eigenvalue weighted by Gasteiger charge is 2.07. The second-order valence-electron chi connectivity index (χ2n) is 4.46. The fourth-order valence-electron chi connectivity index (χ4n) is 1.63. The van der Waals surface area contributed by atoms with Gasteiger partial charge >= 0.3 is 0 Å². The van der Waals surface area contributed by atoms with Crippen molar-refractivity contribution in [3.63, 3.8) is 0 Å². The van der Waals surface area contributed by atoms with Gasteiger partial charge in [0, 0.05) is 13.7 Å². The number of benzene rings is 1. The Balaban J connectivity index is 2.51. The molecule has 0 saturated carbocycles. The quantitative estimate of drug-likeness (QED) is 0.633. The van der Waals surface area contributed by atoms with Crippen molar-refractivity contribution in [1.82, 2.24) is 10.6 Å². The molecular weight excluding hydrogens is 244 g/mol. The zero-order valence-corrected chi connectivity index (χ0v) is 12.4. The molecule has 0 radical (unpaired) electrons. The minimum atomic E-state index is 0.201. The van der Waals surface area contributed by atoms with E-state index in [0.717, 1.165) is 6.54 Å². The molecule has 1 atom stereocenters. The molecule has 0 heterocycles. The Bertz CT molecular complexity index is 407. The molecule has 0 aliphatic carbocycles. The summed E-state index contributed by atoms with van der Waals surface area (Å²) in [6.45, 7) is 7.73. The molecular formula is C14H22N2OS. The van der Waals surface area contributed by atoms with Gasteiger partial charge in [-0.3, -0.25) is 0 Å². The first-order valence-corrected chi connectivity index (χ1v) is 6.56. The van der Waals surface area contributed by atoms with Gasteiger partial charge in [0.1, 0.15) is 0 Å². The molecule has 0 aromatic heterocycles. The largest absolute Gasteiger partial charge is 0.383 e. The van der Waals surface area contributed by atoms with Crippen LogP contribution in [0.4, 0.5) is 0 Å². The Labute approximate surface area is 115 Å². The summed E-state index contributed by atoms with van der Waals surface area (Å²) in [5, 5.41) is 7.04. The van der Waals surface area contributed by atoms with Crippen LogP contribution in [-0.4, -0.2) is 25.4 Å². The van der Waals surface area contributed by atoms with Gasteiger partial charge in [-0.05, 0) is 49.7 Å². The zero-order valence-electron chi connectivity index (χ0n) is 11.5. The zero-order chi connectivity index (χ0) is 13.5. The maximum atomic E-state index is 5.22. The first-order valence-electron chi connectivity index (χ1n) is 6.15. The number of ether oxygens (including phenoxy) is 1. The molecule has 1 rings (SSSR count). The van der Waals surface area contributed by atoms with Gasteiger partial charge in [-0.1, -0.05) is 18.2 Å². The molecule has 0 fully saturated rings. The van der Waals surface area contributed by atoms with Crippen LogP contribution in [0.25, 0.3) is 0 Å². The van der Waals surface area contributed by atoms with Crippen LogP contribution >= 0.6 is 12.2 Å². The van der Waals surface area contributed by atoms with Crippen LogP contribution in [0.1, 0.15) is 29.7 Å². The second-order valence-corrected chi connectivity index (χ2v) is 4.87. The van der Waals surface area contributed by atoms with Crippen molar-refractivity contribution < 1.29 is 4.74 Å². The van der Waals surface area contributed by atoms with Crippen molar-refractivity contribution in [2.75, 3.05) is 20.3 Å². The summed E-state index contributed by atoms with van der Waals surface area (Å²) in [6.07, 6.45) is 0. The molecule has 0 aliphatic rings. The number of hydrogen-bond donors (Lipinski definition) is 2. The van der Waals surface area contributed by atoms with E-state index in [4.69, 9.17) is 17.0 Å². The van der Waals surface area contributed by atoms with Gasteiger partial charge < -0.3 is 15.4 Å². The van der Waals surface area contributed by atoms with Gasteiger partial charge in [-0.15, -0.1) is 0 Å². The molecule has 0 spiro atoms. The Hall–Kier alpha value is -1.13. The van der Waals surface area contributed by atoms with Gasteiger partial charge in [-0.2, -0.15) is 0 Å². The van der Waals surface area contributed by atoms with Crippen LogP contribution in [0.2, 0.25) is 0 Å². The minimum absolute atomic E-state index is 0.201. The second kappa shape index (κ2) is 7.34. The molecule has 100 valence electrons. The molecule has 18 heavy (non-hydrogen) atoms. The highest BCUT2D eigenvalue weighted by molar-refractivity contribution is 7.80. The van der Waals surface area contributed by atoms with E-state index in [0.29, 0.717) is 11.7 Å². The molecule has 3 nitrogen and oxygen atoms in total. The number of rotatable bonds is 5. The molecule has 2 N–H and O–H groups in total. The van der Waals surface area contributed by atoms with Crippen molar-refractivity contribution in [2.24, 2.45) is 0 Å². The predicted molar refractivity (Wildman–Crippen MR) is 79.9 cm³/mol. The van der Waals surface area contributed by atoms with E-state index in [2.05, 4.69) is 49.6 Å². The number of aryl methyl sites for hydroxylation is 2. The van der Waals surface area contributed by atoms with Crippen molar-refractivity contribution in [3.05, 3.63) is 34.9 Å². The average Bonchev–Trinajstić information content (AvgIpc) is 2.33. The molecule has 4 heteroatoms. The lowest BCUT2D eigenvalue weighted by atomic mass is 10.0. The van der Waals surface area contributed by atoms with Crippen molar-refractivity contribution in [2.45, 2.75) is 26.8 Å². The Morgan fingerprint density at radius 2 is 2.06 bits per heavy atom. The lowest BCUT2D eigenvalue weighted by Crippen LogP contribution is -2.38. The Morgan fingerprint density at radius 3 is 2.67 bits per heavy atom. The standard InChI is InChI=1S/C14H22N2OS/c1-10-5-6-13(9-11(10)2)12(3)16-14(18)15-7-8-17-4/h5-6,9,12H,7-8H2,1-4H3,(H2,15,16,18). The summed E-state index contributed by atoms with van der Waals surface area (Å²) in [5.74, 6) is 0. The maximum absolute atomic E-state index is 5.22. The number of methoxy groups -OCH3 is 1.